The number of benzene rings is 2. The second kappa shape index (κ2) is 13.5. The van der Waals surface area contributed by atoms with Gasteiger partial charge in [-0.3, -0.25) is 14.9 Å². The Kier molecular flexibility index (Phi) is 10.8. The van der Waals surface area contributed by atoms with E-state index in [1.807, 2.05) is 13.8 Å². The van der Waals surface area contributed by atoms with Gasteiger partial charge in [0.2, 0.25) is 0 Å². The van der Waals surface area contributed by atoms with Crippen molar-refractivity contribution in [1.29, 1.82) is 5.26 Å². The van der Waals surface area contributed by atoms with Crippen LogP contribution in [-0.2, 0) is 21.4 Å². The minimum absolute atomic E-state index is 0.0110. The van der Waals surface area contributed by atoms with Crippen molar-refractivity contribution in [2.24, 2.45) is 5.92 Å². The number of nitrogens with zero attached hydrogens (tertiary/aromatic N) is 2. The predicted molar refractivity (Wildman–Crippen MR) is 140 cm³/mol. The summed E-state index contributed by atoms with van der Waals surface area (Å²) in [6.45, 7) is 5.04. The minimum atomic E-state index is -1.24. The molecule has 3 atom stereocenters. The quantitative estimate of drug-likeness (QED) is 0.194. The predicted octanol–water partition coefficient (Wildman–Crippen LogP) is 4.74. The molecule has 0 aliphatic rings. The van der Waals surface area contributed by atoms with Gasteiger partial charge in [-0.1, -0.05) is 26.0 Å². The summed E-state index contributed by atoms with van der Waals surface area (Å²) in [6, 6.07) is 11.5. The van der Waals surface area contributed by atoms with Crippen LogP contribution in [0.15, 0.2) is 36.4 Å². The summed E-state index contributed by atoms with van der Waals surface area (Å²) in [7, 11) is 6.02. The number of hydrogen-bond acceptors (Lipinski definition) is 9. The highest BCUT2D eigenvalue weighted by Crippen LogP contribution is 2.41. The fraction of sp³-hybridized carbons (Fsp3) is 0.500. The molecule has 0 aliphatic heterocycles. The van der Waals surface area contributed by atoms with E-state index < -0.39 is 28.5 Å². The SMILES string of the molecule is COc1ccc(CC(C(CCC(C#N)(c2ccc(OC)c(OC)c2)C(C)C)OC(C)=O)[N+](=O)[O-])cc1OC. The van der Waals surface area contributed by atoms with Crippen molar-refractivity contribution >= 4 is 5.97 Å². The minimum Gasteiger partial charge on any atom is -0.493 e. The van der Waals surface area contributed by atoms with Crippen LogP contribution in [0.4, 0.5) is 0 Å². The van der Waals surface area contributed by atoms with Gasteiger partial charge >= 0.3 is 5.97 Å². The topological polar surface area (TPSA) is 130 Å². The zero-order chi connectivity index (χ0) is 28.5. The molecule has 2 rings (SSSR count). The second-order valence-corrected chi connectivity index (χ2v) is 9.24. The fourth-order valence-corrected chi connectivity index (χ4v) is 4.63. The molecule has 10 heteroatoms. The summed E-state index contributed by atoms with van der Waals surface area (Å²) in [5.41, 5.74) is 0.283. The highest BCUT2D eigenvalue weighted by molar-refractivity contribution is 5.66. The van der Waals surface area contributed by atoms with Gasteiger partial charge in [0.15, 0.2) is 29.1 Å². The first-order valence-electron chi connectivity index (χ1n) is 12.2. The van der Waals surface area contributed by atoms with E-state index in [2.05, 4.69) is 6.07 Å². The number of hydrogen-bond donors (Lipinski definition) is 0. The lowest BCUT2D eigenvalue weighted by Crippen LogP contribution is -2.41. The molecule has 2 aromatic rings. The van der Waals surface area contributed by atoms with Crippen molar-refractivity contribution in [1.82, 2.24) is 0 Å². The van der Waals surface area contributed by atoms with E-state index >= 15 is 0 Å². The molecule has 206 valence electrons. The smallest absolute Gasteiger partial charge is 0.303 e. The number of carbonyl (C=O) groups excluding carboxylic acids is 1. The molecule has 0 aromatic heterocycles. The Bertz CT molecular complexity index is 1160. The van der Waals surface area contributed by atoms with Crippen LogP contribution in [0.3, 0.4) is 0 Å². The van der Waals surface area contributed by atoms with Crippen LogP contribution in [0, 0.1) is 27.4 Å². The molecule has 10 nitrogen and oxygen atoms in total. The van der Waals surface area contributed by atoms with Gasteiger partial charge in [-0.15, -0.1) is 0 Å². The third-order valence-corrected chi connectivity index (χ3v) is 6.82. The molecule has 0 saturated heterocycles. The highest BCUT2D eigenvalue weighted by Gasteiger charge is 2.41. The zero-order valence-electron chi connectivity index (χ0n) is 23.0. The van der Waals surface area contributed by atoms with Crippen molar-refractivity contribution in [3.8, 4) is 29.1 Å². The average molecular weight is 529 g/mol. The summed E-state index contributed by atoms with van der Waals surface area (Å²) in [4.78, 5) is 23.8. The summed E-state index contributed by atoms with van der Waals surface area (Å²) < 4.78 is 26.8. The first-order valence-corrected chi connectivity index (χ1v) is 12.2. The number of rotatable bonds is 14. The lowest BCUT2D eigenvalue weighted by Gasteiger charge is -2.33. The van der Waals surface area contributed by atoms with Gasteiger partial charge in [0, 0.05) is 18.3 Å². The third kappa shape index (κ3) is 6.85. The molecular formula is C28H36N2O8. The number of esters is 1. The Morgan fingerprint density at radius 1 is 0.974 bits per heavy atom. The molecule has 0 amide bonds. The monoisotopic (exact) mass is 528 g/mol. The Morgan fingerprint density at radius 3 is 2.00 bits per heavy atom. The maximum absolute atomic E-state index is 12.2. The Morgan fingerprint density at radius 2 is 1.53 bits per heavy atom. The molecule has 3 unspecified atom stereocenters. The second-order valence-electron chi connectivity index (χ2n) is 9.24. The normalized spacial score (nSPS) is 14.0. The molecule has 2 aromatic carbocycles. The van der Waals surface area contributed by atoms with Crippen LogP contribution in [0.25, 0.3) is 0 Å². The van der Waals surface area contributed by atoms with Gasteiger partial charge in [-0.2, -0.15) is 5.26 Å². The van der Waals surface area contributed by atoms with Gasteiger partial charge in [-0.05, 0) is 54.2 Å². The van der Waals surface area contributed by atoms with Crippen molar-refractivity contribution in [3.05, 3.63) is 57.6 Å². The number of nitro groups is 1. The Labute approximate surface area is 223 Å². The number of methoxy groups -OCH3 is 4. The molecule has 0 spiro atoms. The van der Waals surface area contributed by atoms with Gasteiger partial charge in [0.1, 0.15) is 0 Å². The Balaban J connectivity index is 2.45. The van der Waals surface area contributed by atoms with Crippen molar-refractivity contribution in [2.45, 2.75) is 57.6 Å². The van der Waals surface area contributed by atoms with E-state index in [1.54, 1.807) is 36.4 Å². The average Bonchev–Trinajstić information content (AvgIpc) is 2.90. The summed E-state index contributed by atoms with van der Waals surface area (Å²) in [5.74, 6) is 1.13. The van der Waals surface area contributed by atoms with Gasteiger partial charge in [-0.25, -0.2) is 0 Å². The van der Waals surface area contributed by atoms with Crippen molar-refractivity contribution < 1.29 is 33.4 Å². The number of nitriles is 1. The Hall–Kier alpha value is -4.00. The van der Waals surface area contributed by atoms with E-state index in [0.29, 0.717) is 34.1 Å². The van der Waals surface area contributed by atoms with Crippen LogP contribution in [0.1, 0.15) is 44.7 Å². The first-order chi connectivity index (χ1) is 18.1. The number of carbonyl (C=O) groups is 1. The molecule has 38 heavy (non-hydrogen) atoms. The van der Waals surface area contributed by atoms with E-state index in [-0.39, 0.29) is 25.2 Å². The molecule has 0 fully saturated rings. The van der Waals surface area contributed by atoms with E-state index in [9.17, 15) is 20.2 Å². The lowest BCUT2D eigenvalue weighted by molar-refractivity contribution is -0.533. The van der Waals surface area contributed by atoms with Gasteiger partial charge in [0.05, 0.1) is 39.9 Å². The molecule has 0 N–H and O–H groups in total. The van der Waals surface area contributed by atoms with Crippen LogP contribution in [-0.4, -0.2) is 51.5 Å². The van der Waals surface area contributed by atoms with Crippen molar-refractivity contribution in [2.75, 3.05) is 28.4 Å². The fourth-order valence-electron chi connectivity index (χ4n) is 4.63. The van der Waals surface area contributed by atoms with Gasteiger partial charge < -0.3 is 23.7 Å². The van der Waals surface area contributed by atoms with Crippen LogP contribution in [0.5, 0.6) is 23.0 Å². The van der Waals surface area contributed by atoms with Crippen molar-refractivity contribution in [3.63, 3.8) is 0 Å². The molecule has 0 radical (unpaired) electrons. The largest absolute Gasteiger partial charge is 0.493 e. The van der Waals surface area contributed by atoms with E-state index in [4.69, 9.17) is 23.7 Å². The van der Waals surface area contributed by atoms with Gasteiger partial charge in [0.25, 0.3) is 6.04 Å². The molecule has 0 saturated carbocycles. The first kappa shape index (κ1) is 30.2. The van der Waals surface area contributed by atoms with Crippen LogP contribution >= 0.6 is 0 Å². The molecule has 0 bridgehead atoms. The summed E-state index contributed by atoms with van der Waals surface area (Å²) in [5, 5.41) is 22.6. The highest BCUT2D eigenvalue weighted by atomic mass is 16.6. The third-order valence-electron chi connectivity index (χ3n) is 6.82. The van der Waals surface area contributed by atoms with Crippen LogP contribution < -0.4 is 18.9 Å². The van der Waals surface area contributed by atoms with Crippen LogP contribution in [0.2, 0.25) is 0 Å². The standard InChI is InChI=1S/C28H36N2O8/c1-18(2)28(17-29,21-9-11-25(35-5)27(16-21)37-7)13-12-23(38-19(3)31)22(30(32)33)14-20-8-10-24(34-4)26(15-20)36-6/h8-11,15-16,18,22-23H,12-14H2,1-7H3. The molecule has 0 heterocycles. The maximum Gasteiger partial charge on any atom is 0.303 e. The number of ether oxygens (including phenoxy) is 5. The lowest BCUT2D eigenvalue weighted by atomic mass is 9.69. The molecular weight excluding hydrogens is 492 g/mol. The van der Waals surface area contributed by atoms with E-state index in [0.717, 1.165) is 0 Å². The zero-order valence-corrected chi connectivity index (χ0v) is 23.0. The summed E-state index contributed by atoms with van der Waals surface area (Å²) in [6.07, 6.45) is -0.769. The maximum atomic E-state index is 12.2. The van der Waals surface area contributed by atoms with E-state index in [1.165, 1.54) is 35.4 Å². The summed E-state index contributed by atoms with van der Waals surface area (Å²) >= 11 is 0. The molecule has 0 aliphatic carbocycles.